The van der Waals surface area contributed by atoms with Gasteiger partial charge in [-0.1, -0.05) is 83.9 Å². The summed E-state index contributed by atoms with van der Waals surface area (Å²) >= 11 is 0. The fourth-order valence-electron chi connectivity index (χ4n) is 3.14. The zero-order valence-electron chi connectivity index (χ0n) is 15.7. The molecule has 0 unspecified atom stereocenters. The van der Waals surface area contributed by atoms with E-state index in [2.05, 4.69) is 53.6 Å². The number of carboxylic acids is 1. The van der Waals surface area contributed by atoms with Crippen molar-refractivity contribution in [2.75, 3.05) is 0 Å². The molecular formula is C19H37BO2. The summed E-state index contributed by atoms with van der Waals surface area (Å²) in [5.74, 6) is 1.77. The molecule has 0 radical (unpaired) electrons. The average molecular weight is 308 g/mol. The molecule has 0 aromatic rings. The van der Waals surface area contributed by atoms with E-state index in [0.29, 0.717) is 23.8 Å². The van der Waals surface area contributed by atoms with Crippen LogP contribution in [0.3, 0.4) is 0 Å². The molecule has 0 rings (SSSR count). The topological polar surface area (TPSA) is 37.3 Å². The standard InChI is InChI=1S/C19H37BO2/c1-7-18(3,4)20(19(5,6)8-2)16-14-12-10-9-11-13-15-17(21)22/h14,16H,7-13,15H2,1-6H3,(H,21,22)/b16-14+. The Kier molecular flexibility index (Phi) is 9.79. The van der Waals surface area contributed by atoms with Crippen LogP contribution in [0.5, 0.6) is 0 Å². The van der Waals surface area contributed by atoms with Crippen molar-refractivity contribution < 1.29 is 9.90 Å². The summed E-state index contributed by atoms with van der Waals surface area (Å²) in [6.45, 7) is 14.7. The number of unbranched alkanes of at least 4 members (excludes halogenated alkanes) is 4. The first-order valence-electron chi connectivity index (χ1n) is 9.05. The van der Waals surface area contributed by atoms with Crippen molar-refractivity contribution in [3.05, 3.63) is 12.1 Å². The summed E-state index contributed by atoms with van der Waals surface area (Å²) in [7, 11) is 0. The molecule has 0 fully saturated rings. The highest BCUT2D eigenvalue weighted by Crippen LogP contribution is 2.47. The van der Waals surface area contributed by atoms with Crippen molar-refractivity contribution in [2.24, 2.45) is 0 Å². The second-order valence-electron chi connectivity index (χ2n) is 7.94. The molecule has 1 N–H and O–H groups in total. The van der Waals surface area contributed by atoms with E-state index in [9.17, 15) is 4.79 Å². The van der Waals surface area contributed by atoms with Gasteiger partial charge in [-0.2, -0.15) is 0 Å². The van der Waals surface area contributed by atoms with Crippen molar-refractivity contribution in [1.29, 1.82) is 0 Å². The Labute approximate surface area is 138 Å². The fourth-order valence-corrected chi connectivity index (χ4v) is 3.14. The number of carbonyl (C=O) groups is 1. The smallest absolute Gasteiger partial charge is 0.303 e. The highest BCUT2D eigenvalue weighted by atomic mass is 16.4. The highest BCUT2D eigenvalue weighted by molar-refractivity contribution is 6.70. The molecule has 0 bridgehead atoms. The van der Waals surface area contributed by atoms with E-state index < -0.39 is 5.97 Å². The summed E-state index contributed by atoms with van der Waals surface area (Å²) in [6, 6.07) is 0. The Balaban J connectivity index is 4.31. The Hall–Kier alpha value is -0.725. The molecule has 0 aromatic carbocycles. The lowest BCUT2D eigenvalue weighted by molar-refractivity contribution is -0.137. The van der Waals surface area contributed by atoms with Gasteiger partial charge in [0, 0.05) is 6.42 Å². The van der Waals surface area contributed by atoms with Crippen LogP contribution in [0.15, 0.2) is 12.1 Å². The number of allylic oxidation sites excluding steroid dienone is 1. The maximum Gasteiger partial charge on any atom is 0.303 e. The molecule has 0 amide bonds. The number of aliphatic carboxylic acids is 1. The fraction of sp³-hybridized carbons (Fsp3) is 0.842. The zero-order chi connectivity index (χ0) is 17.2. The van der Waals surface area contributed by atoms with Crippen LogP contribution in [-0.4, -0.2) is 17.8 Å². The molecule has 0 aliphatic carbocycles. The molecule has 0 aromatic heterocycles. The molecule has 0 aliphatic heterocycles. The van der Waals surface area contributed by atoms with Gasteiger partial charge in [0.1, 0.15) is 0 Å². The third-order valence-electron chi connectivity index (χ3n) is 5.35. The summed E-state index contributed by atoms with van der Waals surface area (Å²) < 4.78 is 0. The van der Waals surface area contributed by atoms with Crippen LogP contribution in [0.2, 0.25) is 10.6 Å². The van der Waals surface area contributed by atoms with Gasteiger partial charge in [0.15, 0.2) is 6.71 Å². The van der Waals surface area contributed by atoms with Gasteiger partial charge >= 0.3 is 5.97 Å². The quantitative estimate of drug-likeness (QED) is 0.335. The molecule has 0 heterocycles. The molecule has 22 heavy (non-hydrogen) atoms. The molecule has 0 aliphatic rings. The molecular weight excluding hydrogens is 271 g/mol. The SMILES string of the molecule is CCC(C)(C)B(/C=C/CCCCCCC(=O)O)C(C)(C)CC. The summed E-state index contributed by atoms with van der Waals surface area (Å²) in [6.07, 6.45) is 10.3. The van der Waals surface area contributed by atoms with Crippen LogP contribution >= 0.6 is 0 Å². The number of rotatable bonds is 12. The molecule has 2 nitrogen and oxygen atoms in total. The van der Waals surface area contributed by atoms with Gasteiger partial charge in [0.25, 0.3) is 0 Å². The predicted octanol–water partition coefficient (Wildman–Crippen LogP) is 6.38. The third-order valence-corrected chi connectivity index (χ3v) is 5.35. The van der Waals surface area contributed by atoms with Gasteiger partial charge in [-0.3, -0.25) is 4.79 Å². The van der Waals surface area contributed by atoms with Gasteiger partial charge in [-0.15, -0.1) is 5.98 Å². The average Bonchev–Trinajstić information content (AvgIpc) is 2.44. The minimum atomic E-state index is -0.675. The predicted molar refractivity (Wildman–Crippen MR) is 98.9 cm³/mol. The van der Waals surface area contributed by atoms with Crippen LogP contribution in [0.4, 0.5) is 0 Å². The van der Waals surface area contributed by atoms with Crippen molar-refractivity contribution >= 4 is 12.7 Å². The van der Waals surface area contributed by atoms with Crippen molar-refractivity contribution in [3.63, 3.8) is 0 Å². The Bertz CT molecular complexity index is 329. The van der Waals surface area contributed by atoms with E-state index in [1.807, 2.05) is 0 Å². The largest absolute Gasteiger partial charge is 0.481 e. The van der Waals surface area contributed by atoms with E-state index in [4.69, 9.17) is 5.11 Å². The molecule has 0 saturated carbocycles. The molecule has 128 valence electrons. The molecule has 0 saturated heterocycles. The molecule has 0 spiro atoms. The maximum absolute atomic E-state index is 10.4. The van der Waals surface area contributed by atoms with Crippen LogP contribution in [-0.2, 0) is 4.79 Å². The lowest BCUT2D eigenvalue weighted by Gasteiger charge is -2.40. The second kappa shape index (κ2) is 10.1. The Morgan fingerprint density at radius 2 is 1.45 bits per heavy atom. The van der Waals surface area contributed by atoms with E-state index in [1.54, 1.807) is 0 Å². The van der Waals surface area contributed by atoms with Gasteiger partial charge < -0.3 is 5.11 Å². The van der Waals surface area contributed by atoms with E-state index >= 15 is 0 Å². The monoisotopic (exact) mass is 308 g/mol. The van der Waals surface area contributed by atoms with Crippen molar-refractivity contribution in [1.82, 2.24) is 0 Å². The Morgan fingerprint density at radius 3 is 1.91 bits per heavy atom. The Morgan fingerprint density at radius 1 is 0.955 bits per heavy atom. The van der Waals surface area contributed by atoms with Crippen LogP contribution in [0.25, 0.3) is 0 Å². The molecule has 0 atom stereocenters. The maximum atomic E-state index is 10.4. The van der Waals surface area contributed by atoms with Crippen molar-refractivity contribution in [3.8, 4) is 0 Å². The van der Waals surface area contributed by atoms with Gasteiger partial charge in [0.05, 0.1) is 0 Å². The number of hydrogen-bond donors (Lipinski definition) is 1. The summed E-state index contributed by atoms with van der Waals surface area (Å²) in [5, 5.41) is 9.26. The number of carboxylic acid groups (broad SMARTS) is 1. The van der Waals surface area contributed by atoms with Gasteiger partial charge in [-0.05, 0) is 19.3 Å². The molecule has 3 heteroatoms. The zero-order valence-corrected chi connectivity index (χ0v) is 15.7. The van der Waals surface area contributed by atoms with E-state index in [1.165, 1.54) is 19.3 Å². The van der Waals surface area contributed by atoms with Gasteiger partial charge in [0.2, 0.25) is 0 Å². The van der Waals surface area contributed by atoms with Crippen LogP contribution < -0.4 is 0 Å². The van der Waals surface area contributed by atoms with E-state index in [-0.39, 0.29) is 0 Å². The lowest BCUT2D eigenvalue weighted by atomic mass is 9.22. The summed E-state index contributed by atoms with van der Waals surface area (Å²) in [4.78, 5) is 10.4. The second-order valence-corrected chi connectivity index (χ2v) is 7.94. The van der Waals surface area contributed by atoms with Gasteiger partial charge in [-0.25, -0.2) is 0 Å². The van der Waals surface area contributed by atoms with E-state index in [0.717, 1.165) is 25.7 Å². The lowest BCUT2D eigenvalue weighted by Crippen LogP contribution is -2.36. The highest BCUT2D eigenvalue weighted by Gasteiger charge is 2.39. The van der Waals surface area contributed by atoms with Crippen LogP contribution in [0.1, 0.15) is 92.9 Å². The first kappa shape index (κ1) is 21.3. The summed E-state index contributed by atoms with van der Waals surface area (Å²) in [5.41, 5.74) is 0. The minimum absolute atomic E-state index is 0.313. The first-order chi connectivity index (χ1) is 10.2. The van der Waals surface area contributed by atoms with Crippen molar-refractivity contribution in [2.45, 2.75) is 104 Å². The first-order valence-corrected chi connectivity index (χ1v) is 9.05. The normalized spacial score (nSPS) is 12.8. The number of hydrogen-bond acceptors (Lipinski definition) is 1. The minimum Gasteiger partial charge on any atom is -0.481 e. The third kappa shape index (κ3) is 8.05. The van der Waals surface area contributed by atoms with Crippen LogP contribution in [0, 0.1) is 0 Å².